The fraction of sp³-hybridized carbons (Fsp3) is 0.333. The molecule has 2 rings (SSSR count). The summed E-state index contributed by atoms with van der Waals surface area (Å²) < 4.78 is 0. The maximum atomic E-state index is 11.5. The first-order valence-corrected chi connectivity index (χ1v) is 6.02. The molecule has 1 aliphatic carbocycles. The molecule has 3 N–H and O–H groups in total. The number of nitro groups is 1. The molecule has 106 valence electrons. The average molecular weight is 279 g/mol. The molecular weight excluding hydrogens is 266 g/mol. The fourth-order valence-corrected chi connectivity index (χ4v) is 1.66. The van der Waals surface area contributed by atoms with Gasteiger partial charge in [0, 0.05) is 23.9 Å². The number of hydrogen-bond acceptors (Lipinski definition) is 5. The lowest BCUT2D eigenvalue weighted by Crippen LogP contribution is -2.31. The summed E-state index contributed by atoms with van der Waals surface area (Å²) in [6, 6.07) is 3.66. The summed E-state index contributed by atoms with van der Waals surface area (Å²) in [6.07, 6.45) is 1.92. The lowest BCUT2D eigenvalue weighted by molar-refractivity contribution is -0.384. The van der Waals surface area contributed by atoms with Gasteiger partial charge < -0.3 is 15.7 Å². The summed E-state index contributed by atoms with van der Waals surface area (Å²) in [7, 11) is 0. The molecule has 1 saturated carbocycles. The molecule has 0 heterocycles. The Hall–Kier alpha value is -2.64. The van der Waals surface area contributed by atoms with Gasteiger partial charge in [0.05, 0.1) is 17.0 Å². The number of aromatic carboxylic acids is 1. The lowest BCUT2D eigenvalue weighted by atomic mass is 10.1. The van der Waals surface area contributed by atoms with Crippen LogP contribution in [0.4, 0.5) is 11.4 Å². The van der Waals surface area contributed by atoms with Crippen LogP contribution >= 0.6 is 0 Å². The monoisotopic (exact) mass is 279 g/mol. The van der Waals surface area contributed by atoms with Crippen LogP contribution in [0.1, 0.15) is 23.2 Å². The molecule has 0 aromatic heterocycles. The summed E-state index contributed by atoms with van der Waals surface area (Å²) in [5.41, 5.74) is -0.372. The molecule has 0 unspecified atom stereocenters. The quantitative estimate of drug-likeness (QED) is 0.527. The van der Waals surface area contributed by atoms with Gasteiger partial charge in [0.25, 0.3) is 5.69 Å². The Morgan fingerprint density at radius 1 is 1.40 bits per heavy atom. The van der Waals surface area contributed by atoms with Gasteiger partial charge in [-0.15, -0.1) is 0 Å². The van der Waals surface area contributed by atoms with E-state index in [0.29, 0.717) is 0 Å². The maximum Gasteiger partial charge on any atom is 0.338 e. The Balaban J connectivity index is 2.07. The Morgan fingerprint density at radius 2 is 2.10 bits per heavy atom. The number of carbonyl (C=O) groups is 2. The minimum absolute atomic E-state index is 0.0748. The van der Waals surface area contributed by atoms with Crippen LogP contribution in [0, 0.1) is 10.1 Å². The maximum absolute atomic E-state index is 11.5. The predicted molar refractivity (Wildman–Crippen MR) is 69.7 cm³/mol. The van der Waals surface area contributed by atoms with E-state index in [-0.39, 0.29) is 35.4 Å². The number of nitrogens with zero attached hydrogens (tertiary/aromatic N) is 1. The number of amides is 1. The second kappa shape index (κ2) is 5.55. The number of nitrogens with one attached hydrogen (secondary N) is 2. The second-order valence-electron chi connectivity index (χ2n) is 4.49. The summed E-state index contributed by atoms with van der Waals surface area (Å²) in [6.45, 7) is -0.0748. The van der Waals surface area contributed by atoms with Crippen LogP contribution < -0.4 is 10.6 Å². The van der Waals surface area contributed by atoms with Crippen molar-refractivity contribution < 1.29 is 19.6 Å². The Kier molecular flexibility index (Phi) is 3.83. The van der Waals surface area contributed by atoms with Gasteiger partial charge in [-0.25, -0.2) is 4.79 Å². The molecule has 0 spiro atoms. The zero-order valence-corrected chi connectivity index (χ0v) is 10.5. The number of non-ortho nitro benzene ring substituents is 1. The Morgan fingerprint density at radius 3 is 2.65 bits per heavy atom. The molecule has 1 aromatic carbocycles. The number of hydrogen-bond donors (Lipinski definition) is 3. The lowest BCUT2D eigenvalue weighted by Gasteiger charge is -2.09. The zero-order chi connectivity index (χ0) is 14.7. The van der Waals surface area contributed by atoms with Gasteiger partial charge in [0.1, 0.15) is 0 Å². The molecule has 1 aromatic rings. The van der Waals surface area contributed by atoms with Crippen LogP contribution in [0.15, 0.2) is 18.2 Å². The van der Waals surface area contributed by atoms with Gasteiger partial charge in [-0.1, -0.05) is 0 Å². The molecule has 20 heavy (non-hydrogen) atoms. The number of anilines is 1. The minimum Gasteiger partial charge on any atom is -0.478 e. The summed E-state index contributed by atoms with van der Waals surface area (Å²) >= 11 is 0. The topological polar surface area (TPSA) is 122 Å². The first-order valence-electron chi connectivity index (χ1n) is 6.02. The summed E-state index contributed by atoms with van der Waals surface area (Å²) in [4.78, 5) is 32.5. The molecule has 0 saturated heterocycles. The Labute approximate surface area is 113 Å². The molecule has 1 amide bonds. The van der Waals surface area contributed by atoms with Crippen LogP contribution in [0.5, 0.6) is 0 Å². The Bertz CT molecular complexity index is 568. The highest BCUT2D eigenvalue weighted by molar-refractivity contribution is 5.95. The number of nitro benzene ring substituents is 1. The number of benzene rings is 1. The van der Waals surface area contributed by atoms with Crippen LogP contribution in [-0.4, -0.2) is 34.5 Å². The molecule has 8 heteroatoms. The first kappa shape index (κ1) is 13.8. The van der Waals surface area contributed by atoms with Crippen molar-refractivity contribution in [1.82, 2.24) is 5.32 Å². The van der Waals surface area contributed by atoms with Crippen LogP contribution in [0.25, 0.3) is 0 Å². The largest absolute Gasteiger partial charge is 0.478 e. The fourth-order valence-electron chi connectivity index (χ4n) is 1.66. The van der Waals surface area contributed by atoms with E-state index in [0.717, 1.165) is 18.9 Å². The van der Waals surface area contributed by atoms with Crippen molar-refractivity contribution in [2.24, 2.45) is 0 Å². The highest BCUT2D eigenvalue weighted by atomic mass is 16.6. The third kappa shape index (κ3) is 3.44. The SMILES string of the molecule is O=C(CNc1ccc([N+](=O)[O-])cc1C(=O)O)NC1CC1. The van der Waals surface area contributed by atoms with Crippen molar-refractivity contribution in [3.63, 3.8) is 0 Å². The van der Waals surface area contributed by atoms with E-state index in [9.17, 15) is 19.7 Å². The molecular formula is C12H13N3O5. The van der Waals surface area contributed by atoms with E-state index in [2.05, 4.69) is 10.6 Å². The number of carboxylic acid groups (broad SMARTS) is 1. The van der Waals surface area contributed by atoms with Gasteiger partial charge in [-0.05, 0) is 18.9 Å². The molecule has 1 aliphatic rings. The number of carboxylic acids is 1. The number of carbonyl (C=O) groups excluding carboxylic acids is 1. The highest BCUT2D eigenvalue weighted by Crippen LogP contribution is 2.22. The van der Waals surface area contributed by atoms with E-state index < -0.39 is 10.9 Å². The van der Waals surface area contributed by atoms with Gasteiger partial charge in [0.2, 0.25) is 5.91 Å². The van der Waals surface area contributed by atoms with Crippen molar-refractivity contribution in [3.8, 4) is 0 Å². The predicted octanol–water partition coefficient (Wildman–Crippen LogP) is 0.984. The molecule has 0 bridgehead atoms. The minimum atomic E-state index is -1.29. The first-order chi connectivity index (χ1) is 9.47. The van der Waals surface area contributed by atoms with E-state index >= 15 is 0 Å². The molecule has 0 atom stereocenters. The van der Waals surface area contributed by atoms with E-state index in [1.54, 1.807) is 0 Å². The molecule has 8 nitrogen and oxygen atoms in total. The molecule has 0 radical (unpaired) electrons. The number of rotatable bonds is 6. The summed E-state index contributed by atoms with van der Waals surface area (Å²) in [5, 5.41) is 25.1. The van der Waals surface area contributed by atoms with E-state index in [1.165, 1.54) is 12.1 Å². The van der Waals surface area contributed by atoms with Gasteiger partial charge >= 0.3 is 5.97 Å². The zero-order valence-electron chi connectivity index (χ0n) is 10.5. The third-order valence-electron chi connectivity index (χ3n) is 2.83. The van der Waals surface area contributed by atoms with E-state index in [1.807, 2.05) is 0 Å². The normalized spacial score (nSPS) is 13.6. The van der Waals surface area contributed by atoms with Crippen molar-refractivity contribution in [2.45, 2.75) is 18.9 Å². The second-order valence-corrected chi connectivity index (χ2v) is 4.49. The van der Waals surface area contributed by atoms with Gasteiger partial charge in [-0.2, -0.15) is 0 Å². The molecule has 0 aliphatic heterocycles. The van der Waals surface area contributed by atoms with Crippen molar-refractivity contribution in [2.75, 3.05) is 11.9 Å². The van der Waals surface area contributed by atoms with Gasteiger partial charge in [-0.3, -0.25) is 14.9 Å². The standard InChI is InChI=1S/C12H13N3O5/c16-11(14-7-1-2-7)6-13-10-4-3-8(15(19)20)5-9(10)12(17)18/h3-5,7,13H,1-2,6H2,(H,14,16)(H,17,18). The summed E-state index contributed by atoms with van der Waals surface area (Å²) in [5.74, 6) is -1.53. The molecule has 1 fully saturated rings. The van der Waals surface area contributed by atoms with Crippen molar-refractivity contribution in [1.29, 1.82) is 0 Å². The van der Waals surface area contributed by atoms with Gasteiger partial charge in [0.15, 0.2) is 0 Å². The third-order valence-corrected chi connectivity index (χ3v) is 2.83. The van der Waals surface area contributed by atoms with Crippen molar-refractivity contribution >= 4 is 23.3 Å². The van der Waals surface area contributed by atoms with E-state index in [4.69, 9.17) is 5.11 Å². The highest BCUT2D eigenvalue weighted by Gasteiger charge is 2.23. The smallest absolute Gasteiger partial charge is 0.338 e. The van der Waals surface area contributed by atoms with Crippen LogP contribution in [0.3, 0.4) is 0 Å². The van der Waals surface area contributed by atoms with Crippen LogP contribution in [0.2, 0.25) is 0 Å². The van der Waals surface area contributed by atoms with Crippen LogP contribution in [-0.2, 0) is 4.79 Å². The average Bonchev–Trinajstić information content (AvgIpc) is 3.19. The van der Waals surface area contributed by atoms with Crippen molar-refractivity contribution in [3.05, 3.63) is 33.9 Å².